The van der Waals surface area contributed by atoms with Gasteiger partial charge in [0.15, 0.2) is 0 Å². The summed E-state index contributed by atoms with van der Waals surface area (Å²) in [5.41, 5.74) is 0. The highest BCUT2D eigenvalue weighted by Gasteiger charge is 2.24. The Morgan fingerprint density at radius 1 is 0.468 bits per heavy atom. The molecule has 0 aromatic rings. The van der Waals surface area contributed by atoms with E-state index in [2.05, 4.69) is 50.4 Å². The molecule has 0 bridgehead atoms. The molecular weight excluding hydrogens is 767 g/mol. The summed E-state index contributed by atoms with van der Waals surface area (Å²) in [4.78, 5) is 26.2. The highest BCUT2D eigenvalue weighted by atomic mass is 16.5. The predicted molar refractivity (Wildman–Crippen MR) is 269 cm³/mol. The number of aliphatic hydroxyl groups excluding tert-OH is 2. The van der Waals surface area contributed by atoms with E-state index in [9.17, 15) is 19.8 Å². The second kappa shape index (κ2) is 50.3. The largest absolute Gasteiger partial charge is 0.462 e. The van der Waals surface area contributed by atoms with Crippen LogP contribution in [0.2, 0.25) is 0 Å². The number of unbranched alkanes of at least 4 members (excludes halogenated alkanes) is 34. The topological polar surface area (TPSA) is 95.9 Å². The van der Waals surface area contributed by atoms with Crippen molar-refractivity contribution in [3.63, 3.8) is 0 Å². The van der Waals surface area contributed by atoms with Crippen molar-refractivity contribution in [2.24, 2.45) is 0 Å². The van der Waals surface area contributed by atoms with Gasteiger partial charge in [-0.25, -0.2) is 0 Å². The Labute approximate surface area is 386 Å². The van der Waals surface area contributed by atoms with Gasteiger partial charge in [-0.3, -0.25) is 9.59 Å². The Kier molecular flexibility index (Phi) is 49.0. The zero-order chi connectivity index (χ0) is 45.2. The molecule has 6 nitrogen and oxygen atoms in total. The summed E-state index contributed by atoms with van der Waals surface area (Å²) in [5, 5.41) is 23.7. The molecule has 0 saturated carbocycles. The molecule has 3 N–H and O–H groups in total. The molecule has 0 aliphatic rings. The molecule has 62 heavy (non-hydrogen) atoms. The van der Waals surface area contributed by atoms with Crippen molar-refractivity contribution in [1.29, 1.82) is 0 Å². The molecule has 1 amide bonds. The van der Waals surface area contributed by atoms with Crippen LogP contribution in [0.1, 0.15) is 297 Å². The average Bonchev–Trinajstić information content (AvgIpc) is 3.26. The van der Waals surface area contributed by atoms with Gasteiger partial charge in [-0.2, -0.15) is 0 Å². The maximum atomic E-state index is 13.2. The number of allylic oxidation sites excluding steroid dienone is 4. The van der Waals surface area contributed by atoms with Gasteiger partial charge < -0.3 is 20.3 Å². The molecule has 0 radical (unpaired) electrons. The minimum absolute atomic E-state index is 0.0776. The number of hydrogen-bond donors (Lipinski definition) is 3. The molecule has 0 aliphatic carbocycles. The fourth-order valence-corrected chi connectivity index (χ4v) is 8.58. The first-order valence-electron chi connectivity index (χ1n) is 27.6. The van der Waals surface area contributed by atoms with Crippen LogP contribution < -0.4 is 5.32 Å². The standard InChI is InChI=1S/C56H107NO5/c1-4-7-10-13-16-19-21-23-25-27-29-31-33-36-38-41-44-47-52(50-55(60)57-53(51-58)54(59)48-45-42-39-35-18-15-12-9-6-3)62-56(61)49-46-43-40-37-34-32-30-28-26-24-22-20-17-14-11-8-5-2/h16,19,23,25,52-54,58-59H,4-15,17-18,20-22,24,26-51H2,1-3H3,(H,57,60)/b19-16-,25-23-. The van der Waals surface area contributed by atoms with Gasteiger partial charge >= 0.3 is 5.97 Å². The maximum Gasteiger partial charge on any atom is 0.306 e. The number of hydrogen-bond acceptors (Lipinski definition) is 5. The van der Waals surface area contributed by atoms with Crippen LogP contribution in [0.25, 0.3) is 0 Å². The number of nitrogens with one attached hydrogen (secondary N) is 1. The number of esters is 1. The van der Waals surface area contributed by atoms with Crippen molar-refractivity contribution in [1.82, 2.24) is 5.32 Å². The summed E-state index contributed by atoms with van der Waals surface area (Å²) >= 11 is 0. The molecule has 3 unspecified atom stereocenters. The predicted octanol–water partition coefficient (Wildman–Crippen LogP) is 16.7. The summed E-state index contributed by atoms with van der Waals surface area (Å²) in [6.07, 6.45) is 58.2. The monoisotopic (exact) mass is 874 g/mol. The Bertz CT molecular complexity index is 981. The number of rotatable bonds is 50. The van der Waals surface area contributed by atoms with Crippen molar-refractivity contribution >= 4 is 11.9 Å². The van der Waals surface area contributed by atoms with Crippen LogP contribution in [0.3, 0.4) is 0 Å². The van der Waals surface area contributed by atoms with Gasteiger partial charge in [0.25, 0.3) is 0 Å². The Balaban J connectivity index is 4.52. The van der Waals surface area contributed by atoms with Crippen LogP contribution in [0.15, 0.2) is 24.3 Å². The van der Waals surface area contributed by atoms with Crippen molar-refractivity contribution in [2.45, 2.75) is 315 Å². The smallest absolute Gasteiger partial charge is 0.306 e. The average molecular weight is 874 g/mol. The molecule has 3 atom stereocenters. The van der Waals surface area contributed by atoms with Crippen molar-refractivity contribution in [3.8, 4) is 0 Å². The summed E-state index contributed by atoms with van der Waals surface area (Å²) in [7, 11) is 0. The second-order valence-electron chi connectivity index (χ2n) is 19.0. The molecule has 366 valence electrons. The van der Waals surface area contributed by atoms with Crippen LogP contribution in [0.5, 0.6) is 0 Å². The van der Waals surface area contributed by atoms with E-state index < -0.39 is 18.2 Å². The van der Waals surface area contributed by atoms with Crippen molar-refractivity contribution in [2.75, 3.05) is 6.61 Å². The maximum absolute atomic E-state index is 13.2. The van der Waals surface area contributed by atoms with Gasteiger partial charge in [0, 0.05) is 6.42 Å². The third-order valence-electron chi connectivity index (χ3n) is 12.8. The van der Waals surface area contributed by atoms with Crippen LogP contribution in [0.4, 0.5) is 0 Å². The molecule has 0 rings (SSSR count). The Morgan fingerprint density at radius 2 is 0.823 bits per heavy atom. The second-order valence-corrected chi connectivity index (χ2v) is 19.0. The highest BCUT2D eigenvalue weighted by molar-refractivity contribution is 5.77. The van der Waals surface area contributed by atoms with Crippen molar-refractivity contribution in [3.05, 3.63) is 24.3 Å². The number of carbonyl (C=O) groups is 2. The zero-order valence-electron chi connectivity index (χ0n) is 41.8. The molecular formula is C56H107NO5. The molecule has 0 aromatic carbocycles. The normalized spacial score (nSPS) is 13.3. The minimum Gasteiger partial charge on any atom is -0.462 e. The summed E-state index contributed by atoms with van der Waals surface area (Å²) in [5.74, 6) is -0.465. The van der Waals surface area contributed by atoms with Crippen LogP contribution in [0, 0.1) is 0 Å². The lowest BCUT2D eigenvalue weighted by molar-refractivity contribution is -0.151. The van der Waals surface area contributed by atoms with Crippen LogP contribution in [-0.2, 0) is 14.3 Å². The minimum atomic E-state index is -0.785. The summed E-state index contributed by atoms with van der Waals surface area (Å²) < 4.78 is 5.95. The van der Waals surface area contributed by atoms with E-state index in [1.54, 1.807) is 0 Å². The number of aliphatic hydroxyl groups is 2. The van der Waals surface area contributed by atoms with Crippen molar-refractivity contribution < 1.29 is 24.5 Å². The summed E-state index contributed by atoms with van der Waals surface area (Å²) in [6, 6.07) is -0.699. The Morgan fingerprint density at radius 3 is 1.26 bits per heavy atom. The van der Waals surface area contributed by atoms with Gasteiger partial charge in [-0.1, -0.05) is 251 Å². The van der Waals surface area contributed by atoms with E-state index in [-0.39, 0.29) is 24.9 Å². The van der Waals surface area contributed by atoms with E-state index in [0.717, 1.165) is 70.6 Å². The quantitative estimate of drug-likeness (QED) is 0.0321. The van der Waals surface area contributed by atoms with E-state index >= 15 is 0 Å². The van der Waals surface area contributed by atoms with Gasteiger partial charge in [-0.15, -0.1) is 0 Å². The van der Waals surface area contributed by atoms with Gasteiger partial charge in [0.2, 0.25) is 5.91 Å². The lowest BCUT2D eigenvalue weighted by Crippen LogP contribution is -2.46. The van der Waals surface area contributed by atoms with Gasteiger partial charge in [-0.05, 0) is 57.8 Å². The molecule has 0 fully saturated rings. The lowest BCUT2D eigenvalue weighted by atomic mass is 10.0. The molecule has 0 saturated heterocycles. The molecule has 0 spiro atoms. The van der Waals surface area contributed by atoms with Crippen LogP contribution in [-0.4, -0.2) is 46.9 Å². The van der Waals surface area contributed by atoms with Gasteiger partial charge in [0.05, 0.1) is 25.2 Å². The fourth-order valence-electron chi connectivity index (χ4n) is 8.58. The number of carbonyl (C=O) groups excluding carboxylic acids is 2. The lowest BCUT2D eigenvalue weighted by Gasteiger charge is -2.24. The molecule has 0 aromatic heterocycles. The zero-order valence-corrected chi connectivity index (χ0v) is 41.8. The molecule has 0 aliphatic heterocycles. The first-order chi connectivity index (χ1) is 30.5. The molecule has 0 heterocycles. The van der Waals surface area contributed by atoms with E-state index in [4.69, 9.17) is 4.74 Å². The Hall–Kier alpha value is -1.66. The fraction of sp³-hybridized carbons (Fsp3) is 0.893. The van der Waals surface area contributed by atoms with Crippen LogP contribution >= 0.6 is 0 Å². The highest BCUT2D eigenvalue weighted by Crippen LogP contribution is 2.18. The SMILES string of the molecule is CCCCC/C=C\C/C=C\CCCCCCCCCC(CC(=O)NC(CO)C(O)CCCCCCCCCCC)OC(=O)CCCCCCCCCCCCCCCCCCC. The number of ether oxygens (including phenoxy) is 1. The molecule has 6 heteroatoms. The van der Waals surface area contributed by atoms with Gasteiger partial charge in [0.1, 0.15) is 6.10 Å². The van der Waals surface area contributed by atoms with E-state index in [1.807, 2.05) is 0 Å². The first kappa shape index (κ1) is 60.3. The number of amides is 1. The third-order valence-corrected chi connectivity index (χ3v) is 12.8. The van der Waals surface area contributed by atoms with E-state index in [1.165, 1.54) is 180 Å². The first-order valence-corrected chi connectivity index (χ1v) is 27.6. The third kappa shape index (κ3) is 44.9. The summed E-state index contributed by atoms with van der Waals surface area (Å²) in [6.45, 7) is 6.47. The van der Waals surface area contributed by atoms with E-state index in [0.29, 0.717) is 19.3 Å².